The fourth-order valence-corrected chi connectivity index (χ4v) is 1.11. The molecule has 4 heteroatoms. The lowest BCUT2D eigenvalue weighted by Gasteiger charge is -2.19. The van der Waals surface area contributed by atoms with Crippen molar-refractivity contribution >= 4 is 5.91 Å². The number of ether oxygens (including phenoxy) is 1. The Morgan fingerprint density at radius 2 is 2.07 bits per heavy atom. The first-order valence-electron chi connectivity index (χ1n) is 5.59. The van der Waals surface area contributed by atoms with Gasteiger partial charge in [-0.15, -0.1) is 0 Å². The van der Waals surface area contributed by atoms with Gasteiger partial charge >= 0.3 is 0 Å². The SMILES string of the molecule is CCCOCCC(=O)NC(CO)C(C)C. The minimum Gasteiger partial charge on any atom is -0.394 e. The van der Waals surface area contributed by atoms with E-state index in [2.05, 4.69) is 5.32 Å². The highest BCUT2D eigenvalue weighted by Gasteiger charge is 2.14. The van der Waals surface area contributed by atoms with Crippen LogP contribution in [0.1, 0.15) is 33.6 Å². The zero-order chi connectivity index (χ0) is 11.7. The maximum atomic E-state index is 11.4. The normalized spacial score (nSPS) is 12.9. The number of hydrogen-bond donors (Lipinski definition) is 2. The van der Waals surface area contributed by atoms with E-state index < -0.39 is 0 Å². The van der Waals surface area contributed by atoms with Gasteiger partial charge in [-0.25, -0.2) is 0 Å². The molecule has 0 saturated heterocycles. The molecule has 0 aromatic heterocycles. The Hall–Kier alpha value is -0.610. The Balaban J connectivity index is 3.62. The van der Waals surface area contributed by atoms with E-state index in [0.29, 0.717) is 19.6 Å². The molecule has 0 aromatic rings. The topological polar surface area (TPSA) is 58.6 Å². The summed E-state index contributed by atoms with van der Waals surface area (Å²) in [7, 11) is 0. The second-order valence-corrected chi connectivity index (χ2v) is 3.96. The number of rotatable bonds is 8. The Bertz CT molecular complexity index is 171. The van der Waals surface area contributed by atoms with Crippen LogP contribution in [0.3, 0.4) is 0 Å². The van der Waals surface area contributed by atoms with Crippen molar-refractivity contribution in [1.82, 2.24) is 5.32 Å². The minimum absolute atomic E-state index is 0.0147. The van der Waals surface area contributed by atoms with Crippen LogP contribution in [-0.2, 0) is 9.53 Å². The third-order valence-electron chi connectivity index (χ3n) is 2.17. The molecule has 1 unspecified atom stereocenters. The van der Waals surface area contributed by atoms with Gasteiger partial charge in [0.05, 0.1) is 19.3 Å². The molecule has 0 aliphatic heterocycles. The van der Waals surface area contributed by atoms with Crippen molar-refractivity contribution in [2.24, 2.45) is 5.92 Å². The molecule has 2 N–H and O–H groups in total. The first kappa shape index (κ1) is 14.4. The van der Waals surface area contributed by atoms with Crippen molar-refractivity contribution in [3.05, 3.63) is 0 Å². The zero-order valence-electron chi connectivity index (χ0n) is 9.95. The lowest BCUT2D eigenvalue weighted by Crippen LogP contribution is -2.41. The van der Waals surface area contributed by atoms with Gasteiger partial charge in [-0.3, -0.25) is 4.79 Å². The molecule has 0 aliphatic carbocycles. The van der Waals surface area contributed by atoms with Crippen LogP contribution in [0.5, 0.6) is 0 Å². The van der Waals surface area contributed by atoms with Crippen LogP contribution in [0.4, 0.5) is 0 Å². The van der Waals surface area contributed by atoms with Crippen LogP contribution in [0, 0.1) is 5.92 Å². The predicted octanol–water partition coefficient (Wildman–Crippen LogP) is 0.936. The Labute approximate surface area is 92.0 Å². The van der Waals surface area contributed by atoms with Gasteiger partial charge in [-0.1, -0.05) is 20.8 Å². The molecule has 1 atom stereocenters. The van der Waals surface area contributed by atoms with E-state index in [1.165, 1.54) is 0 Å². The van der Waals surface area contributed by atoms with Crippen molar-refractivity contribution in [2.45, 2.75) is 39.7 Å². The molecule has 15 heavy (non-hydrogen) atoms. The predicted molar refractivity (Wildman–Crippen MR) is 59.6 cm³/mol. The Kier molecular flexibility index (Phi) is 8.33. The second-order valence-electron chi connectivity index (χ2n) is 3.96. The van der Waals surface area contributed by atoms with Gasteiger partial charge in [0.2, 0.25) is 5.91 Å². The number of aliphatic hydroxyl groups excluding tert-OH is 1. The first-order chi connectivity index (χ1) is 7.11. The molecule has 4 nitrogen and oxygen atoms in total. The summed E-state index contributed by atoms with van der Waals surface area (Å²) < 4.78 is 5.21. The van der Waals surface area contributed by atoms with E-state index in [-0.39, 0.29) is 24.5 Å². The van der Waals surface area contributed by atoms with E-state index >= 15 is 0 Å². The van der Waals surface area contributed by atoms with Crippen LogP contribution in [0.2, 0.25) is 0 Å². The van der Waals surface area contributed by atoms with Crippen molar-refractivity contribution in [2.75, 3.05) is 19.8 Å². The number of aliphatic hydroxyl groups is 1. The standard InChI is InChI=1S/C11H23NO3/c1-4-6-15-7-5-11(14)12-10(8-13)9(2)3/h9-10,13H,4-8H2,1-3H3,(H,12,14). The fourth-order valence-electron chi connectivity index (χ4n) is 1.11. The third kappa shape index (κ3) is 7.33. The van der Waals surface area contributed by atoms with Crippen molar-refractivity contribution < 1.29 is 14.6 Å². The molecule has 0 aliphatic rings. The summed E-state index contributed by atoms with van der Waals surface area (Å²) in [5.41, 5.74) is 0. The maximum Gasteiger partial charge on any atom is 0.222 e. The number of amides is 1. The molecule has 0 rings (SSSR count). The van der Waals surface area contributed by atoms with Crippen LogP contribution in [0.25, 0.3) is 0 Å². The van der Waals surface area contributed by atoms with E-state index in [9.17, 15) is 4.79 Å². The third-order valence-corrected chi connectivity index (χ3v) is 2.17. The summed E-state index contributed by atoms with van der Waals surface area (Å²) in [6.45, 7) is 7.10. The lowest BCUT2D eigenvalue weighted by atomic mass is 10.1. The number of hydrogen-bond acceptors (Lipinski definition) is 3. The van der Waals surface area contributed by atoms with Gasteiger partial charge in [-0.2, -0.15) is 0 Å². The summed E-state index contributed by atoms with van der Waals surface area (Å²) in [6.07, 6.45) is 1.33. The van der Waals surface area contributed by atoms with Crippen LogP contribution in [0.15, 0.2) is 0 Å². The fraction of sp³-hybridized carbons (Fsp3) is 0.909. The molecule has 0 fully saturated rings. The average Bonchev–Trinajstić information content (AvgIpc) is 2.20. The van der Waals surface area contributed by atoms with Gasteiger partial charge in [0.25, 0.3) is 0 Å². The van der Waals surface area contributed by atoms with Crippen LogP contribution >= 0.6 is 0 Å². The molecular weight excluding hydrogens is 194 g/mol. The van der Waals surface area contributed by atoms with Crippen molar-refractivity contribution in [3.8, 4) is 0 Å². The number of nitrogens with one attached hydrogen (secondary N) is 1. The monoisotopic (exact) mass is 217 g/mol. The quantitative estimate of drug-likeness (QED) is 0.595. The molecule has 0 saturated carbocycles. The number of carbonyl (C=O) groups is 1. The van der Waals surface area contributed by atoms with Gasteiger partial charge in [0, 0.05) is 13.0 Å². The highest BCUT2D eigenvalue weighted by atomic mass is 16.5. The number of carbonyl (C=O) groups excluding carboxylic acids is 1. The van der Waals surface area contributed by atoms with Crippen molar-refractivity contribution in [1.29, 1.82) is 0 Å². The molecule has 90 valence electrons. The molecule has 0 bridgehead atoms. The smallest absolute Gasteiger partial charge is 0.222 e. The molecule has 0 spiro atoms. The van der Waals surface area contributed by atoms with E-state index in [1.54, 1.807) is 0 Å². The summed E-state index contributed by atoms with van der Waals surface area (Å²) in [5.74, 6) is 0.189. The summed E-state index contributed by atoms with van der Waals surface area (Å²) in [4.78, 5) is 11.4. The second kappa shape index (κ2) is 8.68. The van der Waals surface area contributed by atoms with Crippen molar-refractivity contribution in [3.63, 3.8) is 0 Å². The maximum absolute atomic E-state index is 11.4. The zero-order valence-corrected chi connectivity index (χ0v) is 9.95. The summed E-state index contributed by atoms with van der Waals surface area (Å²) >= 11 is 0. The molecule has 0 heterocycles. The van der Waals surface area contributed by atoms with Gasteiger partial charge in [-0.05, 0) is 12.3 Å². The average molecular weight is 217 g/mol. The Morgan fingerprint density at radius 3 is 2.53 bits per heavy atom. The lowest BCUT2D eigenvalue weighted by molar-refractivity contribution is -0.123. The van der Waals surface area contributed by atoms with E-state index in [0.717, 1.165) is 6.42 Å². The molecular formula is C11H23NO3. The highest BCUT2D eigenvalue weighted by Crippen LogP contribution is 2.00. The molecule has 0 radical (unpaired) electrons. The minimum atomic E-state index is -0.149. The van der Waals surface area contributed by atoms with E-state index in [4.69, 9.17) is 9.84 Å². The van der Waals surface area contributed by atoms with Gasteiger partial charge in [0.1, 0.15) is 0 Å². The largest absolute Gasteiger partial charge is 0.394 e. The van der Waals surface area contributed by atoms with E-state index in [1.807, 2.05) is 20.8 Å². The molecule has 1 amide bonds. The summed E-state index contributed by atoms with van der Waals surface area (Å²) in [5, 5.41) is 11.8. The highest BCUT2D eigenvalue weighted by molar-refractivity contribution is 5.76. The molecule has 0 aromatic carbocycles. The first-order valence-corrected chi connectivity index (χ1v) is 5.59. The van der Waals surface area contributed by atoms with Crippen LogP contribution < -0.4 is 5.32 Å². The van der Waals surface area contributed by atoms with Crippen LogP contribution in [-0.4, -0.2) is 36.9 Å². The van der Waals surface area contributed by atoms with Gasteiger partial charge < -0.3 is 15.2 Å². The summed E-state index contributed by atoms with van der Waals surface area (Å²) in [6, 6.07) is -0.149. The van der Waals surface area contributed by atoms with Gasteiger partial charge in [0.15, 0.2) is 0 Å². The Morgan fingerprint density at radius 1 is 1.40 bits per heavy atom.